The number of nitrogens with zero attached hydrogens (tertiary/aromatic N) is 1. The third-order valence-corrected chi connectivity index (χ3v) is 5.09. The number of benzene rings is 2. The molecule has 0 bridgehead atoms. The van der Waals surface area contributed by atoms with Crippen molar-refractivity contribution in [2.45, 2.75) is 13.5 Å². The number of hydrogen-bond donors (Lipinski definition) is 1. The molecule has 0 unspecified atom stereocenters. The Kier molecular flexibility index (Phi) is 7.02. The molecule has 2 aromatic rings. The van der Waals surface area contributed by atoms with Crippen molar-refractivity contribution in [3.8, 4) is 5.75 Å². The Morgan fingerprint density at radius 3 is 2.58 bits per heavy atom. The summed E-state index contributed by atoms with van der Waals surface area (Å²) in [6, 6.07) is 13.8. The lowest BCUT2D eigenvalue weighted by Crippen LogP contribution is -2.37. The fraction of sp³-hybridized carbons (Fsp3) is 0.278. The lowest BCUT2D eigenvalue weighted by molar-refractivity contribution is -0.116. The van der Waals surface area contributed by atoms with Crippen LogP contribution in [0.4, 0.5) is 5.69 Å². The van der Waals surface area contributed by atoms with Crippen LogP contribution in [-0.4, -0.2) is 38.0 Å². The van der Waals surface area contributed by atoms with Crippen LogP contribution in [0.5, 0.6) is 5.75 Å². The van der Waals surface area contributed by atoms with Gasteiger partial charge in [-0.25, -0.2) is 8.42 Å². The maximum Gasteiger partial charge on any atom is 0.239 e. The Morgan fingerprint density at radius 2 is 1.92 bits per heavy atom. The number of anilines is 1. The monoisotopic (exact) mass is 396 g/mol. The summed E-state index contributed by atoms with van der Waals surface area (Å²) in [5, 5.41) is 3.14. The second-order valence-electron chi connectivity index (χ2n) is 5.63. The predicted molar refractivity (Wildman–Crippen MR) is 103 cm³/mol. The Labute approximate surface area is 158 Å². The van der Waals surface area contributed by atoms with E-state index in [9.17, 15) is 13.2 Å². The third-order valence-electron chi connectivity index (χ3n) is 3.52. The number of halogens is 1. The van der Waals surface area contributed by atoms with E-state index >= 15 is 0 Å². The van der Waals surface area contributed by atoms with Gasteiger partial charge in [0, 0.05) is 23.3 Å². The first-order valence-corrected chi connectivity index (χ1v) is 10.2. The molecule has 0 aliphatic heterocycles. The Bertz CT molecular complexity index is 871. The molecule has 1 amide bonds. The van der Waals surface area contributed by atoms with E-state index in [1.54, 1.807) is 48.5 Å². The van der Waals surface area contributed by atoms with Crippen LogP contribution in [0.3, 0.4) is 0 Å². The molecule has 0 atom stereocenters. The number of ether oxygens (including phenoxy) is 1. The molecule has 2 aromatic carbocycles. The van der Waals surface area contributed by atoms with E-state index < -0.39 is 15.9 Å². The highest BCUT2D eigenvalue weighted by molar-refractivity contribution is 7.88. The van der Waals surface area contributed by atoms with Gasteiger partial charge in [-0.1, -0.05) is 35.9 Å². The summed E-state index contributed by atoms with van der Waals surface area (Å²) in [7, 11) is -3.59. The first-order chi connectivity index (χ1) is 12.3. The number of rotatable bonds is 8. The minimum absolute atomic E-state index is 0.0188. The molecular weight excluding hydrogens is 376 g/mol. The molecule has 0 aliphatic rings. The quantitative estimate of drug-likeness (QED) is 0.743. The standard InChI is InChI=1S/C18H21ClN2O4S/c1-3-25-16-9-6-8-15(11-16)20-18(22)13-21(26(2,23)24)12-14-7-4-5-10-17(14)19/h4-11H,3,12-13H2,1-2H3,(H,20,22). The molecule has 0 radical (unpaired) electrons. The van der Waals surface area contributed by atoms with Gasteiger partial charge in [-0.05, 0) is 30.7 Å². The number of nitrogens with one attached hydrogen (secondary N) is 1. The van der Waals surface area contributed by atoms with Crippen LogP contribution < -0.4 is 10.1 Å². The minimum atomic E-state index is -3.59. The van der Waals surface area contributed by atoms with E-state index in [4.69, 9.17) is 16.3 Å². The maximum absolute atomic E-state index is 12.3. The SMILES string of the molecule is CCOc1cccc(NC(=O)CN(Cc2ccccc2Cl)S(C)(=O)=O)c1. The molecule has 2 rings (SSSR count). The molecule has 140 valence electrons. The van der Waals surface area contributed by atoms with Crippen LogP contribution in [-0.2, 0) is 21.4 Å². The van der Waals surface area contributed by atoms with E-state index in [2.05, 4.69) is 5.32 Å². The second-order valence-corrected chi connectivity index (χ2v) is 8.02. The van der Waals surface area contributed by atoms with Crippen molar-refractivity contribution < 1.29 is 17.9 Å². The van der Waals surface area contributed by atoms with Gasteiger partial charge in [0.2, 0.25) is 15.9 Å². The summed E-state index contributed by atoms with van der Waals surface area (Å²) in [5.74, 6) is 0.178. The number of amides is 1. The van der Waals surface area contributed by atoms with Crippen LogP contribution in [0.2, 0.25) is 5.02 Å². The van der Waals surface area contributed by atoms with Gasteiger partial charge in [0.15, 0.2) is 0 Å². The maximum atomic E-state index is 12.3. The van der Waals surface area contributed by atoms with E-state index in [1.165, 1.54) is 0 Å². The highest BCUT2D eigenvalue weighted by Gasteiger charge is 2.21. The van der Waals surface area contributed by atoms with E-state index in [1.807, 2.05) is 6.92 Å². The summed E-state index contributed by atoms with van der Waals surface area (Å²) >= 11 is 6.10. The average molecular weight is 397 g/mol. The second kappa shape index (κ2) is 9.02. The zero-order chi connectivity index (χ0) is 19.2. The van der Waals surface area contributed by atoms with Gasteiger partial charge in [0.1, 0.15) is 5.75 Å². The fourth-order valence-electron chi connectivity index (χ4n) is 2.30. The Hall–Kier alpha value is -2.09. The molecule has 0 spiro atoms. The molecule has 0 aliphatic carbocycles. The lowest BCUT2D eigenvalue weighted by Gasteiger charge is -2.20. The van der Waals surface area contributed by atoms with Crippen molar-refractivity contribution in [3.05, 3.63) is 59.1 Å². The zero-order valence-corrected chi connectivity index (χ0v) is 16.2. The Balaban J connectivity index is 2.10. The van der Waals surface area contributed by atoms with Gasteiger partial charge in [0.05, 0.1) is 19.4 Å². The summed E-state index contributed by atoms with van der Waals surface area (Å²) < 4.78 is 30.6. The van der Waals surface area contributed by atoms with Gasteiger partial charge in [0.25, 0.3) is 0 Å². The number of hydrogen-bond acceptors (Lipinski definition) is 4. The Morgan fingerprint density at radius 1 is 1.19 bits per heavy atom. The van der Waals surface area contributed by atoms with Crippen molar-refractivity contribution in [2.75, 3.05) is 24.7 Å². The van der Waals surface area contributed by atoms with Crippen molar-refractivity contribution in [1.82, 2.24) is 4.31 Å². The van der Waals surface area contributed by atoms with Crippen molar-refractivity contribution >= 4 is 33.2 Å². The topological polar surface area (TPSA) is 75.7 Å². The first-order valence-electron chi connectivity index (χ1n) is 8.01. The molecular formula is C18H21ClN2O4S. The molecule has 0 saturated carbocycles. The summed E-state index contributed by atoms with van der Waals surface area (Å²) in [6.45, 7) is 2.08. The van der Waals surface area contributed by atoms with Crippen LogP contribution in [0.25, 0.3) is 0 Å². The van der Waals surface area contributed by atoms with Crippen molar-refractivity contribution in [1.29, 1.82) is 0 Å². The molecule has 0 heterocycles. The van der Waals surface area contributed by atoms with E-state index in [-0.39, 0.29) is 13.1 Å². The average Bonchev–Trinajstić information content (AvgIpc) is 2.56. The predicted octanol–water partition coefficient (Wildman–Crippen LogP) is 3.14. The van der Waals surface area contributed by atoms with Crippen LogP contribution in [0, 0.1) is 0 Å². The minimum Gasteiger partial charge on any atom is -0.494 e. The molecule has 0 saturated heterocycles. The molecule has 1 N–H and O–H groups in total. The van der Waals surface area contributed by atoms with Gasteiger partial charge >= 0.3 is 0 Å². The highest BCUT2D eigenvalue weighted by atomic mass is 35.5. The number of carbonyl (C=O) groups is 1. The summed E-state index contributed by atoms with van der Waals surface area (Å²) in [5.41, 5.74) is 1.16. The highest BCUT2D eigenvalue weighted by Crippen LogP contribution is 2.19. The van der Waals surface area contributed by atoms with Gasteiger partial charge in [-0.15, -0.1) is 0 Å². The first kappa shape index (κ1) is 20.2. The fourth-order valence-corrected chi connectivity index (χ4v) is 3.22. The van der Waals surface area contributed by atoms with Crippen molar-refractivity contribution in [2.24, 2.45) is 0 Å². The molecule has 26 heavy (non-hydrogen) atoms. The van der Waals surface area contributed by atoms with Crippen LogP contribution in [0.15, 0.2) is 48.5 Å². The summed E-state index contributed by atoms with van der Waals surface area (Å²) in [6.07, 6.45) is 1.06. The molecule has 0 fully saturated rings. The zero-order valence-electron chi connectivity index (χ0n) is 14.6. The van der Waals surface area contributed by atoms with Gasteiger partial charge in [-0.3, -0.25) is 4.79 Å². The number of carbonyl (C=O) groups excluding carboxylic acids is 1. The largest absolute Gasteiger partial charge is 0.494 e. The lowest BCUT2D eigenvalue weighted by atomic mass is 10.2. The van der Waals surface area contributed by atoms with Crippen molar-refractivity contribution in [3.63, 3.8) is 0 Å². The van der Waals surface area contributed by atoms with E-state index in [0.717, 1.165) is 10.6 Å². The smallest absolute Gasteiger partial charge is 0.239 e. The number of sulfonamides is 1. The van der Waals surface area contributed by atoms with Crippen LogP contribution >= 0.6 is 11.6 Å². The van der Waals surface area contributed by atoms with Gasteiger partial charge < -0.3 is 10.1 Å². The van der Waals surface area contributed by atoms with Crippen LogP contribution in [0.1, 0.15) is 12.5 Å². The third kappa shape index (κ3) is 6.01. The van der Waals surface area contributed by atoms with E-state index in [0.29, 0.717) is 28.6 Å². The molecule has 6 nitrogen and oxygen atoms in total. The van der Waals surface area contributed by atoms with Gasteiger partial charge in [-0.2, -0.15) is 4.31 Å². The summed E-state index contributed by atoms with van der Waals surface area (Å²) in [4.78, 5) is 12.3. The molecule has 8 heteroatoms. The normalized spacial score (nSPS) is 11.4. The molecule has 0 aromatic heterocycles.